The molecule has 0 saturated carbocycles. The van der Waals surface area contributed by atoms with E-state index in [-0.39, 0.29) is 11.4 Å². The topological polar surface area (TPSA) is 112 Å². The molecule has 2 aromatic heterocycles. The lowest BCUT2D eigenvalue weighted by molar-refractivity contribution is 0.0987. The van der Waals surface area contributed by atoms with Crippen LogP contribution in [-0.2, 0) is 0 Å². The van der Waals surface area contributed by atoms with E-state index in [1.54, 1.807) is 24.3 Å². The van der Waals surface area contributed by atoms with Crippen molar-refractivity contribution in [3.05, 3.63) is 46.8 Å². The zero-order chi connectivity index (χ0) is 14.9. The van der Waals surface area contributed by atoms with Gasteiger partial charge in [-0.15, -0.1) is 0 Å². The van der Waals surface area contributed by atoms with E-state index in [1.165, 1.54) is 0 Å². The molecule has 2 heterocycles. The molecule has 6 heteroatoms. The predicted octanol–water partition coefficient (Wildman–Crippen LogP) is 0.958. The summed E-state index contributed by atoms with van der Waals surface area (Å²) in [5, 5.41) is 0. The minimum absolute atomic E-state index is 0.156. The van der Waals surface area contributed by atoms with Crippen LogP contribution in [0.1, 0.15) is 32.1 Å². The third kappa shape index (κ3) is 2.80. The maximum Gasteiger partial charge on any atom is 0.267 e. The number of carbonyl (C=O) groups excluding carboxylic acids is 2. The molecule has 0 aliphatic heterocycles. The molecule has 0 aliphatic carbocycles. The Balaban J connectivity index is 2.62. The van der Waals surface area contributed by atoms with Gasteiger partial charge in [0.15, 0.2) is 0 Å². The zero-order valence-corrected chi connectivity index (χ0v) is 11.2. The van der Waals surface area contributed by atoms with Crippen LogP contribution in [0.4, 0.5) is 0 Å². The number of aromatic nitrogens is 2. The zero-order valence-electron chi connectivity index (χ0n) is 11.2. The number of carbonyl (C=O) groups is 2. The number of primary amides is 2. The third-order valence-corrected chi connectivity index (χ3v) is 2.71. The van der Waals surface area contributed by atoms with Crippen molar-refractivity contribution in [3.63, 3.8) is 0 Å². The molecule has 0 atom stereocenters. The standard InChI is InChI=1S/C14H14N4O2/c1-7-3-9(17-11(5-7)13(15)19)10-4-8(2)6-12(18-10)14(16)20/h3-6H,1-2H3,(H2,15,19)(H2,16,20). The summed E-state index contributed by atoms with van der Waals surface area (Å²) in [6.07, 6.45) is 0. The Labute approximate surface area is 115 Å². The minimum Gasteiger partial charge on any atom is -0.364 e. The van der Waals surface area contributed by atoms with Gasteiger partial charge in [0.2, 0.25) is 0 Å². The first-order valence-corrected chi connectivity index (χ1v) is 5.94. The average molecular weight is 270 g/mol. The molecule has 2 rings (SSSR count). The fourth-order valence-corrected chi connectivity index (χ4v) is 1.85. The van der Waals surface area contributed by atoms with Crippen molar-refractivity contribution in [1.82, 2.24) is 9.97 Å². The second kappa shape index (κ2) is 5.08. The van der Waals surface area contributed by atoms with Gasteiger partial charge in [-0.3, -0.25) is 9.59 Å². The SMILES string of the molecule is Cc1cc(C(N)=O)nc(-c2cc(C)cc(C(N)=O)n2)c1. The molecule has 0 bridgehead atoms. The molecule has 2 aromatic rings. The summed E-state index contributed by atoms with van der Waals surface area (Å²) in [5.74, 6) is -1.23. The Bertz CT molecular complexity index is 649. The molecule has 2 amide bonds. The van der Waals surface area contributed by atoms with Crippen molar-refractivity contribution in [1.29, 1.82) is 0 Å². The molecular weight excluding hydrogens is 256 g/mol. The Hall–Kier alpha value is -2.76. The highest BCUT2D eigenvalue weighted by Crippen LogP contribution is 2.19. The van der Waals surface area contributed by atoms with Gasteiger partial charge in [-0.2, -0.15) is 0 Å². The van der Waals surface area contributed by atoms with Gasteiger partial charge in [0.05, 0.1) is 11.4 Å². The molecule has 4 N–H and O–H groups in total. The number of hydrogen-bond acceptors (Lipinski definition) is 4. The van der Waals surface area contributed by atoms with E-state index in [0.717, 1.165) is 11.1 Å². The Morgan fingerprint density at radius 2 is 1.15 bits per heavy atom. The van der Waals surface area contributed by atoms with Crippen LogP contribution in [0.5, 0.6) is 0 Å². The Kier molecular flexibility index (Phi) is 3.47. The summed E-state index contributed by atoms with van der Waals surface area (Å²) in [5.41, 5.74) is 13.4. The van der Waals surface area contributed by atoms with E-state index in [4.69, 9.17) is 11.5 Å². The second-order valence-corrected chi connectivity index (χ2v) is 4.56. The van der Waals surface area contributed by atoms with Gasteiger partial charge < -0.3 is 11.5 Å². The fourth-order valence-electron chi connectivity index (χ4n) is 1.85. The van der Waals surface area contributed by atoms with Crippen molar-refractivity contribution < 1.29 is 9.59 Å². The summed E-state index contributed by atoms with van der Waals surface area (Å²) < 4.78 is 0. The second-order valence-electron chi connectivity index (χ2n) is 4.56. The van der Waals surface area contributed by atoms with Crippen LogP contribution >= 0.6 is 0 Å². The Morgan fingerprint density at radius 3 is 1.45 bits per heavy atom. The van der Waals surface area contributed by atoms with E-state index in [9.17, 15) is 9.59 Å². The maximum atomic E-state index is 11.2. The maximum absolute atomic E-state index is 11.2. The number of nitrogens with two attached hydrogens (primary N) is 2. The van der Waals surface area contributed by atoms with Gasteiger partial charge in [0, 0.05) is 0 Å². The van der Waals surface area contributed by atoms with Crippen molar-refractivity contribution >= 4 is 11.8 Å². The lowest BCUT2D eigenvalue weighted by atomic mass is 10.1. The van der Waals surface area contributed by atoms with Crippen molar-refractivity contribution in [2.45, 2.75) is 13.8 Å². The molecule has 0 fully saturated rings. The summed E-state index contributed by atoms with van der Waals surface area (Å²) in [4.78, 5) is 30.8. The first kappa shape index (κ1) is 13.7. The van der Waals surface area contributed by atoms with E-state index in [1.807, 2.05) is 13.8 Å². The molecule has 20 heavy (non-hydrogen) atoms. The predicted molar refractivity (Wildman–Crippen MR) is 74.0 cm³/mol. The van der Waals surface area contributed by atoms with Crippen LogP contribution in [-0.4, -0.2) is 21.8 Å². The highest BCUT2D eigenvalue weighted by atomic mass is 16.1. The smallest absolute Gasteiger partial charge is 0.267 e. The summed E-state index contributed by atoms with van der Waals surface area (Å²) in [6.45, 7) is 3.64. The highest BCUT2D eigenvalue weighted by molar-refractivity contribution is 5.92. The summed E-state index contributed by atoms with van der Waals surface area (Å²) >= 11 is 0. The quantitative estimate of drug-likeness (QED) is 0.864. The van der Waals surface area contributed by atoms with E-state index in [2.05, 4.69) is 9.97 Å². The number of aryl methyl sites for hydroxylation is 2. The normalized spacial score (nSPS) is 10.3. The first-order valence-electron chi connectivity index (χ1n) is 5.94. The monoisotopic (exact) mass is 270 g/mol. The highest BCUT2D eigenvalue weighted by Gasteiger charge is 2.11. The van der Waals surface area contributed by atoms with Gasteiger partial charge in [0.25, 0.3) is 11.8 Å². The number of pyridine rings is 2. The minimum atomic E-state index is -0.613. The molecule has 6 nitrogen and oxygen atoms in total. The van der Waals surface area contributed by atoms with Gasteiger partial charge in [-0.05, 0) is 49.2 Å². The van der Waals surface area contributed by atoms with E-state index in [0.29, 0.717) is 11.4 Å². The molecule has 0 aromatic carbocycles. The van der Waals surface area contributed by atoms with Gasteiger partial charge in [-0.25, -0.2) is 9.97 Å². The van der Waals surface area contributed by atoms with Crippen molar-refractivity contribution in [2.24, 2.45) is 11.5 Å². The third-order valence-electron chi connectivity index (χ3n) is 2.71. The van der Waals surface area contributed by atoms with E-state index >= 15 is 0 Å². The van der Waals surface area contributed by atoms with Crippen LogP contribution in [0, 0.1) is 13.8 Å². The molecule has 0 radical (unpaired) electrons. The van der Waals surface area contributed by atoms with Crippen LogP contribution < -0.4 is 11.5 Å². The van der Waals surface area contributed by atoms with Crippen LogP contribution in [0.25, 0.3) is 11.4 Å². The first-order chi connectivity index (χ1) is 9.36. The lowest BCUT2D eigenvalue weighted by Crippen LogP contribution is -2.15. The van der Waals surface area contributed by atoms with Gasteiger partial charge in [0.1, 0.15) is 11.4 Å². The lowest BCUT2D eigenvalue weighted by Gasteiger charge is -2.07. The summed E-state index contributed by atoms with van der Waals surface area (Å²) in [7, 11) is 0. The van der Waals surface area contributed by atoms with Gasteiger partial charge in [-0.1, -0.05) is 0 Å². The molecule has 0 aliphatic rings. The number of hydrogen-bond donors (Lipinski definition) is 2. The van der Waals surface area contributed by atoms with Crippen LogP contribution in [0.3, 0.4) is 0 Å². The number of nitrogens with zero attached hydrogens (tertiary/aromatic N) is 2. The largest absolute Gasteiger partial charge is 0.364 e. The van der Waals surface area contributed by atoms with Crippen LogP contribution in [0.2, 0.25) is 0 Å². The van der Waals surface area contributed by atoms with Crippen LogP contribution in [0.15, 0.2) is 24.3 Å². The average Bonchev–Trinajstić information content (AvgIpc) is 2.37. The molecule has 0 spiro atoms. The van der Waals surface area contributed by atoms with Gasteiger partial charge >= 0.3 is 0 Å². The molecule has 102 valence electrons. The molecule has 0 saturated heterocycles. The summed E-state index contributed by atoms with van der Waals surface area (Å²) in [6, 6.07) is 6.71. The molecular formula is C14H14N4O2. The van der Waals surface area contributed by atoms with E-state index < -0.39 is 11.8 Å². The fraction of sp³-hybridized carbons (Fsp3) is 0.143. The number of rotatable bonds is 3. The van der Waals surface area contributed by atoms with Crippen molar-refractivity contribution in [3.8, 4) is 11.4 Å². The van der Waals surface area contributed by atoms with Crippen molar-refractivity contribution in [2.75, 3.05) is 0 Å². The number of amides is 2. The Morgan fingerprint density at radius 1 is 0.800 bits per heavy atom. The molecule has 0 unspecified atom stereocenters.